The van der Waals surface area contributed by atoms with E-state index in [2.05, 4.69) is 0 Å². The molecule has 0 aliphatic rings. The van der Waals surface area contributed by atoms with Crippen LogP contribution in [-0.2, 0) is 0 Å². The molecule has 0 amide bonds. The molecule has 4 nitrogen and oxygen atoms in total. The molecule has 0 fully saturated rings. The highest BCUT2D eigenvalue weighted by Crippen LogP contribution is 2.18. The lowest BCUT2D eigenvalue weighted by atomic mass is 10.2. The largest absolute Gasteiger partial charge is 0.496 e. The summed E-state index contributed by atoms with van der Waals surface area (Å²) in [5.74, 6) is 0.626. The normalized spacial score (nSPS) is 10.2. The van der Waals surface area contributed by atoms with Gasteiger partial charge < -0.3 is 4.74 Å². The standard InChI is InChI=1S/C9H9NO3/c1-13-9-5-3-2-4-8(9)6-7-10(11)12/h2-7H,1H3/b7-6-. The van der Waals surface area contributed by atoms with E-state index < -0.39 is 4.92 Å². The molecule has 13 heavy (non-hydrogen) atoms. The smallest absolute Gasteiger partial charge is 0.235 e. The van der Waals surface area contributed by atoms with Crippen LogP contribution in [0.1, 0.15) is 5.56 Å². The number of para-hydroxylation sites is 1. The second-order valence-electron chi connectivity index (χ2n) is 2.34. The summed E-state index contributed by atoms with van der Waals surface area (Å²) in [7, 11) is 1.53. The molecule has 0 aliphatic heterocycles. The number of nitro groups is 1. The number of hydrogen-bond donors (Lipinski definition) is 0. The molecule has 0 atom stereocenters. The molecule has 1 aromatic rings. The van der Waals surface area contributed by atoms with E-state index in [1.54, 1.807) is 18.2 Å². The van der Waals surface area contributed by atoms with E-state index >= 15 is 0 Å². The molecular weight excluding hydrogens is 170 g/mol. The predicted molar refractivity (Wildman–Crippen MR) is 49.0 cm³/mol. The minimum atomic E-state index is -0.508. The molecule has 0 saturated heterocycles. The summed E-state index contributed by atoms with van der Waals surface area (Å²) in [5.41, 5.74) is 0.696. The van der Waals surface area contributed by atoms with Gasteiger partial charge in [0.05, 0.1) is 12.0 Å². The first-order chi connectivity index (χ1) is 6.24. The molecule has 0 aliphatic carbocycles. The molecule has 0 N–H and O–H groups in total. The van der Waals surface area contributed by atoms with Crippen LogP contribution in [0.15, 0.2) is 30.5 Å². The minimum absolute atomic E-state index is 0.508. The Morgan fingerprint density at radius 3 is 2.77 bits per heavy atom. The third-order valence-corrected chi connectivity index (χ3v) is 1.51. The fourth-order valence-electron chi connectivity index (χ4n) is 0.945. The van der Waals surface area contributed by atoms with Gasteiger partial charge in [0, 0.05) is 11.6 Å². The Kier molecular flexibility index (Phi) is 3.03. The maximum absolute atomic E-state index is 10.1. The summed E-state index contributed by atoms with van der Waals surface area (Å²) in [6.07, 6.45) is 2.29. The average Bonchev–Trinajstić information content (AvgIpc) is 2.15. The molecular formula is C9H9NO3. The van der Waals surface area contributed by atoms with Crippen molar-refractivity contribution < 1.29 is 9.66 Å². The Bertz CT molecular complexity index is 333. The van der Waals surface area contributed by atoms with Gasteiger partial charge >= 0.3 is 0 Å². The molecule has 68 valence electrons. The number of hydrogen-bond acceptors (Lipinski definition) is 3. The van der Waals surface area contributed by atoms with Crippen LogP contribution in [0.25, 0.3) is 6.08 Å². The van der Waals surface area contributed by atoms with Crippen LogP contribution in [-0.4, -0.2) is 12.0 Å². The van der Waals surface area contributed by atoms with Crippen molar-refractivity contribution in [3.05, 3.63) is 46.1 Å². The fourth-order valence-corrected chi connectivity index (χ4v) is 0.945. The van der Waals surface area contributed by atoms with Crippen LogP contribution in [0.3, 0.4) is 0 Å². The monoisotopic (exact) mass is 179 g/mol. The maximum Gasteiger partial charge on any atom is 0.235 e. The topological polar surface area (TPSA) is 52.4 Å². The van der Waals surface area contributed by atoms with Gasteiger partial charge in [0.2, 0.25) is 6.20 Å². The van der Waals surface area contributed by atoms with E-state index in [1.165, 1.54) is 13.2 Å². The highest BCUT2D eigenvalue weighted by atomic mass is 16.6. The number of nitrogens with zero attached hydrogens (tertiary/aromatic N) is 1. The first kappa shape index (κ1) is 9.25. The van der Waals surface area contributed by atoms with Crippen molar-refractivity contribution in [1.29, 1.82) is 0 Å². The van der Waals surface area contributed by atoms with Crippen LogP contribution in [0.4, 0.5) is 0 Å². The lowest BCUT2D eigenvalue weighted by molar-refractivity contribution is -0.400. The summed E-state index contributed by atoms with van der Waals surface area (Å²) in [4.78, 5) is 9.54. The van der Waals surface area contributed by atoms with Gasteiger partial charge in [0.1, 0.15) is 5.75 Å². The molecule has 0 aromatic heterocycles. The van der Waals surface area contributed by atoms with Crippen molar-refractivity contribution in [2.24, 2.45) is 0 Å². The van der Waals surface area contributed by atoms with Crippen LogP contribution in [0.2, 0.25) is 0 Å². The lowest BCUT2D eigenvalue weighted by Gasteiger charge is -2.01. The summed E-state index contributed by atoms with van der Waals surface area (Å²) >= 11 is 0. The van der Waals surface area contributed by atoms with E-state index in [-0.39, 0.29) is 0 Å². The highest BCUT2D eigenvalue weighted by molar-refractivity contribution is 5.56. The first-order valence-corrected chi connectivity index (χ1v) is 3.69. The Labute approximate surface area is 75.6 Å². The molecule has 0 heterocycles. The van der Waals surface area contributed by atoms with E-state index in [1.807, 2.05) is 6.07 Å². The van der Waals surface area contributed by atoms with Gasteiger partial charge in [-0.05, 0) is 6.07 Å². The van der Waals surface area contributed by atoms with Crippen LogP contribution in [0.5, 0.6) is 5.75 Å². The third-order valence-electron chi connectivity index (χ3n) is 1.51. The van der Waals surface area contributed by atoms with E-state index in [9.17, 15) is 10.1 Å². The Morgan fingerprint density at radius 2 is 2.15 bits per heavy atom. The van der Waals surface area contributed by atoms with Gasteiger partial charge in [-0.3, -0.25) is 10.1 Å². The van der Waals surface area contributed by atoms with Gasteiger partial charge in [0.15, 0.2) is 0 Å². The Morgan fingerprint density at radius 1 is 1.46 bits per heavy atom. The molecule has 1 rings (SSSR count). The summed E-state index contributed by atoms with van der Waals surface area (Å²) < 4.78 is 5.00. The molecule has 0 saturated carbocycles. The van der Waals surface area contributed by atoms with Gasteiger partial charge in [-0.2, -0.15) is 0 Å². The first-order valence-electron chi connectivity index (χ1n) is 3.69. The van der Waals surface area contributed by atoms with Crippen molar-refractivity contribution in [3.63, 3.8) is 0 Å². The van der Waals surface area contributed by atoms with Crippen molar-refractivity contribution in [2.45, 2.75) is 0 Å². The maximum atomic E-state index is 10.1. The Balaban J connectivity index is 2.93. The number of rotatable bonds is 3. The molecule has 0 spiro atoms. The molecule has 1 aromatic carbocycles. The van der Waals surface area contributed by atoms with Crippen molar-refractivity contribution in [1.82, 2.24) is 0 Å². The van der Waals surface area contributed by atoms with Crippen molar-refractivity contribution >= 4 is 6.08 Å². The summed E-state index contributed by atoms with van der Waals surface area (Å²) in [6.45, 7) is 0. The second-order valence-corrected chi connectivity index (χ2v) is 2.34. The number of methoxy groups -OCH3 is 1. The SMILES string of the molecule is COc1ccccc1/C=C\[N+](=O)[O-]. The van der Waals surface area contributed by atoms with E-state index in [0.717, 1.165) is 6.20 Å². The third kappa shape index (κ3) is 2.59. The minimum Gasteiger partial charge on any atom is -0.496 e. The summed E-state index contributed by atoms with van der Waals surface area (Å²) in [6, 6.07) is 7.10. The van der Waals surface area contributed by atoms with Crippen molar-refractivity contribution in [2.75, 3.05) is 7.11 Å². The zero-order chi connectivity index (χ0) is 9.68. The average molecular weight is 179 g/mol. The summed E-state index contributed by atoms with van der Waals surface area (Å²) in [5, 5.41) is 10.1. The van der Waals surface area contributed by atoms with E-state index in [4.69, 9.17) is 4.74 Å². The molecule has 0 radical (unpaired) electrons. The Hall–Kier alpha value is -1.84. The second kappa shape index (κ2) is 4.25. The van der Waals surface area contributed by atoms with Gasteiger partial charge in [0.25, 0.3) is 0 Å². The quantitative estimate of drug-likeness (QED) is 0.526. The van der Waals surface area contributed by atoms with Crippen molar-refractivity contribution in [3.8, 4) is 5.75 Å². The molecule has 0 bridgehead atoms. The molecule has 0 unspecified atom stereocenters. The van der Waals surface area contributed by atoms with E-state index in [0.29, 0.717) is 11.3 Å². The lowest BCUT2D eigenvalue weighted by Crippen LogP contribution is -1.87. The number of ether oxygens (including phenoxy) is 1. The highest BCUT2D eigenvalue weighted by Gasteiger charge is 1.97. The van der Waals surface area contributed by atoms with Gasteiger partial charge in [-0.1, -0.05) is 18.2 Å². The zero-order valence-electron chi connectivity index (χ0n) is 7.14. The fraction of sp³-hybridized carbons (Fsp3) is 0.111. The van der Waals surface area contributed by atoms with Gasteiger partial charge in [-0.15, -0.1) is 0 Å². The zero-order valence-corrected chi connectivity index (χ0v) is 7.14. The van der Waals surface area contributed by atoms with Crippen LogP contribution >= 0.6 is 0 Å². The number of benzene rings is 1. The predicted octanol–water partition coefficient (Wildman–Crippen LogP) is 1.94. The molecule has 4 heteroatoms. The van der Waals surface area contributed by atoms with Crippen LogP contribution < -0.4 is 4.74 Å². The van der Waals surface area contributed by atoms with Gasteiger partial charge in [-0.25, -0.2) is 0 Å². The van der Waals surface area contributed by atoms with Crippen LogP contribution in [0, 0.1) is 10.1 Å².